The Hall–Kier alpha value is -3.02. The molecule has 3 rings (SSSR count). The number of ether oxygens (including phenoxy) is 2. The van der Waals surface area contributed by atoms with Crippen molar-refractivity contribution in [2.24, 2.45) is 5.92 Å². The molecule has 2 N–H and O–H groups in total. The molecule has 2 aromatic carbocycles. The molecule has 2 aromatic rings. The lowest BCUT2D eigenvalue weighted by atomic mass is 10.0. The average molecular weight is 382 g/mol. The predicted molar refractivity (Wildman–Crippen MR) is 106 cm³/mol. The number of fused-ring (bicyclic) bond motifs is 1. The quantitative estimate of drug-likeness (QED) is 0.803. The van der Waals surface area contributed by atoms with Crippen molar-refractivity contribution in [1.82, 2.24) is 10.6 Å². The van der Waals surface area contributed by atoms with Crippen LogP contribution in [-0.2, 0) is 4.79 Å². The molecule has 0 radical (unpaired) electrons. The van der Waals surface area contributed by atoms with Crippen molar-refractivity contribution in [3.63, 3.8) is 0 Å². The predicted octanol–water partition coefficient (Wildman–Crippen LogP) is 3.36. The van der Waals surface area contributed by atoms with Gasteiger partial charge in [0.1, 0.15) is 6.04 Å². The average Bonchev–Trinajstić information content (AvgIpc) is 3.13. The highest BCUT2D eigenvalue weighted by molar-refractivity contribution is 5.97. The summed E-state index contributed by atoms with van der Waals surface area (Å²) in [6.45, 7) is 7.88. The fourth-order valence-corrected chi connectivity index (χ4v) is 3.03. The van der Waals surface area contributed by atoms with Crippen LogP contribution in [0.5, 0.6) is 11.5 Å². The third kappa shape index (κ3) is 4.44. The van der Waals surface area contributed by atoms with Crippen molar-refractivity contribution >= 4 is 11.8 Å². The van der Waals surface area contributed by atoms with Gasteiger partial charge < -0.3 is 20.1 Å². The molecule has 0 aromatic heterocycles. The highest BCUT2D eigenvalue weighted by Gasteiger charge is 2.26. The molecule has 148 valence electrons. The van der Waals surface area contributed by atoms with Gasteiger partial charge in [0.2, 0.25) is 12.7 Å². The number of rotatable bonds is 6. The lowest BCUT2D eigenvalue weighted by Crippen LogP contribution is -2.50. The van der Waals surface area contributed by atoms with Gasteiger partial charge in [-0.1, -0.05) is 37.6 Å². The van der Waals surface area contributed by atoms with Crippen LogP contribution in [0.4, 0.5) is 0 Å². The molecule has 6 heteroatoms. The lowest BCUT2D eigenvalue weighted by Gasteiger charge is -2.24. The second-order valence-corrected chi connectivity index (χ2v) is 7.40. The summed E-state index contributed by atoms with van der Waals surface area (Å²) in [5.41, 5.74) is 2.52. The summed E-state index contributed by atoms with van der Waals surface area (Å²) in [4.78, 5) is 25.4. The Morgan fingerprint density at radius 1 is 0.929 bits per heavy atom. The summed E-state index contributed by atoms with van der Waals surface area (Å²) in [6, 6.07) is 12.0. The molecule has 0 spiro atoms. The van der Waals surface area contributed by atoms with Gasteiger partial charge >= 0.3 is 0 Å². The summed E-state index contributed by atoms with van der Waals surface area (Å²) >= 11 is 0. The van der Waals surface area contributed by atoms with E-state index in [1.165, 1.54) is 0 Å². The van der Waals surface area contributed by atoms with E-state index in [2.05, 4.69) is 10.6 Å². The highest BCUT2D eigenvalue weighted by atomic mass is 16.7. The normalized spacial score (nSPS) is 14.5. The molecule has 0 fully saturated rings. The van der Waals surface area contributed by atoms with Crippen LogP contribution in [0.1, 0.15) is 48.3 Å². The van der Waals surface area contributed by atoms with Crippen LogP contribution in [0, 0.1) is 12.8 Å². The van der Waals surface area contributed by atoms with E-state index < -0.39 is 6.04 Å². The van der Waals surface area contributed by atoms with Gasteiger partial charge in [-0.2, -0.15) is 0 Å². The van der Waals surface area contributed by atoms with Crippen LogP contribution in [0.15, 0.2) is 42.5 Å². The summed E-state index contributed by atoms with van der Waals surface area (Å²) in [7, 11) is 0. The Bertz CT molecular complexity index is 861. The maximum atomic E-state index is 12.8. The van der Waals surface area contributed by atoms with E-state index in [1.54, 1.807) is 12.1 Å². The molecule has 1 aliphatic heterocycles. The van der Waals surface area contributed by atoms with Gasteiger partial charge in [0.05, 0.1) is 6.04 Å². The van der Waals surface area contributed by atoms with Crippen LogP contribution in [0.2, 0.25) is 0 Å². The Morgan fingerprint density at radius 2 is 1.61 bits per heavy atom. The first-order chi connectivity index (χ1) is 13.3. The van der Waals surface area contributed by atoms with Crippen LogP contribution in [0.25, 0.3) is 0 Å². The zero-order valence-electron chi connectivity index (χ0n) is 16.6. The summed E-state index contributed by atoms with van der Waals surface area (Å²) in [5.74, 6) is 0.836. The van der Waals surface area contributed by atoms with Crippen molar-refractivity contribution < 1.29 is 19.1 Å². The number of hydrogen-bond donors (Lipinski definition) is 2. The first kappa shape index (κ1) is 19.7. The summed E-state index contributed by atoms with van der Waals surface area (Å²) in [6.07, 6.45) is 0. The Labute approximate surface area is 165 Å². The maximum Gasteiger partial charge on any atom is 0.251 e. The third-order valence-electron chi connectivity index (χ3n) is 4.80. The van der Waals surface area contributed by atoms with E-state index in [1.807, 2.05) is 58.0 Å². The lowest BCUT2D eigenvalue weighted by molar-refractivity contribution is -0.124. The number of hydrogen-bond acceptors (Lipinski definition) is 4. The number of amides is 2. The van der Waals surface area contributed by atoms with Crippen LogP contribution in [0.3, 0.4) is 0 Å². The molecule has 2 atom stereocenters. The minimum atomic E-state index is -0.634. The molecule has 2 unspecified atom stereocenters. The number of carbonyl (C=O) groups excluding carboxylic acids is 2. The first-order valence-corrected chi connectivity index (χ1v) is 9.42. The van der Waals surface area contributed by atoms with E-state index in [4.69, 9.17) is 9.47 Å². The maximum absolute atomic E-state index is 12.8. The topological polar surface area (TPSA) is 76.7 Å². The van der Waals surface area contributed by atoms with Crippen molar-refractivity contribution in [1.29, 1.82) is 0 Å². The van der Waals surface area contributed by atoms with Gasteiger partial charge in [0.25, 0.3) is 5.91 Å². The smallest absolute Gasteiger partial charge is 0.251 e. The van der Waals surface area contributed by atoms with Crippen LogP contribution in [-0.4, -0.2) is 24.6 Å². The molecule has 0 saturated carbocycles. The number of aryl methyl sites for hydroxylation is 1. The molecule has 0 saturated heterocycles. The minimum Gasteiger partial charge on any atom is -0.454 e. The molecular formula is C22H26N2O4. The third-order valence-corrected chi connectivity index (χ3v) is 4.80. The van der Waals surface area contributed by atoms with Gasteiger partial charge in [-0.05, 0) is 49.6 Å². The Morgan fingerprint density at radius 3 is 2.29 bits per heavy atom. The zero-order chi connectivity index (χ0) is 20.3. The van der Waals surface area contributed by atoms with E-state index in [0.717, 1.165) is 11.1 Å². The fraction of sp³-hybridized carbons (Fsp3) is 0.364. The highest BCUT2D eigenvalue weighted by Crippen LogP contribution is 2.34. The van der Waals surface area contributed by atoms with Gasteiger partial charge in [0.15, 0.2) is 11.5 Å². The van der Waals surface area contributed by atoms with Crippen molar-refractivity contribution in [2.75, 3.05) is 6.79 Å². The largest absolute Gasteiger partial charge is 0.454 e. The standard InChI is InChI=1S/C22H26N2O4/c1-13(2)20(24-21(25)16-7-5-14(3)6-8-16)22(26)23-15(4)17-9-10-18-19(11-17)28-12-27-18/h5-11,13,15,20H,12H2,1-4H3,(H,23,26)(H,24,25). The molecule has 6 nitrogen and oxygen atoms in total. The molecule has 1 heterocycles. The van der Waals surface area contributed by atoms with Gasteiger partial charge in [0, 0.05) is 5.56 Å². The monoisotopic (exact) mass is 382 g/mol. The van der Waals surface area contributed by atoms with E-state index in [-0.39, 0.29) is 30.6 Å². The van der Waals surface area contributed by atoms with E-state index in [0.29, 0.717) is 17.1 Å². The molecular weight excluding hydrogens is 356 g/mol. The Kier molecular flexibility index (Phi) is 5.87. The van der Waals surface area contributed by atoms with Crippen molar-refractivity contribution in [3.05, 3.63) is 59.2 Å². The fourth-order valence-electron chi connectivity index (χ4n) is 3.03. The van der Waals surface area contributed by atoms with Crippen LogP contribution >= 0.6 is 0 Å². The van der Waals surface area contributed by atoms with E-state index >= 15 is 0 Å². The second kappa shape index (κ2) is 8.33. The molecule has 0 bridgehead atoms. The van der Waals surface area contributed by atoms with Gasteiger partial charge in [-0.15, -0.1) is 0 Å². The summed E-state index contributed by atoms with van der Waals surface area (Å²) < 4.78 is 10.7. The molecule has 1 aliphatic rings. The molecule has 2 amide bonds. The van der Waals surface area contributed by atoms with Gasteiger partial charge in [-0.3, -0.25) is 9.59 Å². The number of carbonyl (C=O) groups is 2. The van der Waals surface area contributed by atoms with Crippen LogP contribution < -0.4 is 20.1 Å². The minimum absolute atomic E-state index is 0.0571. The number of nitrogens with one attached hydrogen (secondary N) is 2. The molecule has 28 heavy (non-hydrogen) atoms. The number of benzene rings is 2. The zero-order valence-corrected chi connectivity index (χ0v) is 16.6. The summed E-state index contributed by atoms with van der Waals surface area (Å²) in [5, 5.41) is 5.84. The Balaban J connectivity index is 1.67. The van der Waals surface area contributed by atoms with Crippen molar-refractivity contribution in [3.8, 4) is 11.5 Å². The van der Waals surface area contributed by atoms with Crippen molar-refractivity contribution in [2.45, 2.75) is 39.8 Å². The molecule has 0 aliphatic carbocycles. The van der Waals surface area contributed by atoms with E-state index in [9.17, 15) is 9.59 Å². The first-order valence-electron chi connectivity index (χ1n) is 9.42. The SMILES string of the molecule is Cc1ccc(C(=O)NC(C(=O)NC(C)c2ccc3c(c2)OCO3)C(C)C)cc1. The van der Waals surface area contributed by atoms with Gasteiger partial charge in [-0.25, -0.2) is 0 Å². The second-order valence-electron chi connectivity index (χ2n) is 7.40.